The van der Waals surface area contributed by atoms with Gasteiger partial charge in [0.25, 0.3) is 0 Å². The lowest BCUT2D eigenvalue weighted by molar-refractivity contribution is -0.137. The van der Waals surface area contributed by atoms with Crippen LogP contribution < -0.4 is 15.4 Å². The van der Waals surface area contributed by atoms with Gasteiger partial charge in [-0.15, -0.1) is 0 Å². The number of likely N-dealkylation sites (tertiary alicyclic amines) is 1. The fourth-order valence-corrected chi connectivity index (χ4v) is 6.16. The number of fused-ring (bicyclic) bond motifs is 1. The van der Waals surface area contributed by atoms with Crippen molar-refractivity contribution in [1.29, 1.82) is 0 Å². The van der Waals surface area contributed by atoms with Gasteiger partial charge in [-0.1, -0.05) is 11.6 Å². The summed E-state index contributed by atoms with van der Waals surface area (Å²) in [6.07, 6.45) is -1.78. The summed E-state index contributed by atoms with van der Waals surface area (Å²) in [5, 5.41) is -0.197. The Morgan fingerprint density at radius 3 is 2.59 bits per heavy atom. The lowest BCUT2D eigenvalue weighted by atomic mass is 9.99. The second-order valence-corrected chi connectivity index (χ2v) is 11.5. The van der Waals surface area contributed by atoms with Crippen LogP contribution in [0, 0.1) is 12.7 Å². The van der Waals surface area contributed by atoms with Gasteiger partial charge in [-0.05, 0) is 58.0 Å². The van der Waals surface area contributed by atoms with Gasteiger partial charge in [-0.3, -0.25) is 4.79 Å². The summed E-state index contributed by atoms with van der Waals surface area (Å²) < 4.78 is 78.7. The van der Waals surface area contributed by atoms with Crippen molar-refractivity contribution in [3.05, 3.63) is 46.1 Å². The van der Waals surface area contributed by atoms with Crippen LogP contribution in [0.1, 0.15) is 30.9 Å². The molecule has 236 valence electrons. The predicted octanol–water partition coefficient (Wildman–Crippen LogP) is 5.39. The number of likely N-dealkylation sites (N-methyl/N-ethyl adjacent to an activating group) is 1. The first kappa shape index (κ1) is 31.6. The van der Waals surface area contributed by atoms with Crippen LogP contribution in [0.5, 0.6) is 6.01 Å². The molecule has 1 aromatic carbocycles. The van der Waals surface area contributed by atoms with Crippen LogP contribution in [0.25, 0.3) is 22.2 Å². The van der Waals surface area contributed by atoms with E-state index in [1.165, 1.54) is 13.0 Å². The number of hydrogen-bond acceptors (Lipinski definition) is 9. The number of pyridine rings is 1. The van der Waals surface area contributed by atoms with Crippen molar-refractivity contribution < 1.29 is 31.5 Å². The number of halogens is 6. The Labute approximate surface area is 255 Å². The highest BCUT2D eigenvalue weighted by atomic mass is 35.5. The van der Waals surface area contributed by atoms with Gasteiger partial charge in [0.1, 0.15) is 23.8 Å². The number of alkyl halides is 3. The number of anilines is 2. The molecule has 5 rings (SSSR count). The molecule has 0 spiro atoms. The molecule has 2 aliphatic heterocycles. The third-order valence-corrected chi connectivity index (χ3v) is 8.32. The van der Waals surface area contributed by atoms with Crippen molar-refractivity contribution in [2.75, 3.05) is 50.5 Å². The number of carbonyl (C=O) groups excluding carboxylic acids is 1. The third-order valence-electron chi connectivity index (χ3n) is 8.02. The molecule has 2 atom stereocenters. The number of allylic oxidation sites excluding steroid dienone is 1. The van der Waals surface area contributed by atoms with Crippen LogP contribution in [0.4, 0.5) is 33.6 Å². The Morgan fingerprint density at radius 1 is 1.20 bits per heavy atom. The van der Waals surface area contributed by atoms with Gasteiger partial charge < -0.3 is 25.2 Å². The second-order valence-electron chi connectivity index (χ2n) is 11.1. The molecule has 0 aliphatic carbocycles. The van der Waals surface area contributed by atoms with Gasteiger partial charge in [0, 0.05) is 43.3 Å². The molecular weight excluding hydrogens is 609 g/mol. The van der Waals surface area contributed by atoms with Gasteiger partial charge in [-0.2, -0.15) is 23.1 Å². The normalized spacial score (nSPS) is 20.1. The molecule has 0 saturated carbocycles. The first-order chi connectivity index (χ1) is 20.8. The fourth-order valence-electron chi connectivity index (χ4n) is 5.88. The van der Waals surface area contributed by atoms with Crippen LogP contribution in [-0.4, -0.2) is 83.0 Å². The minimum absolute atomic E-state index is 0.0826. The molecule has 15 heteroatoms. The maximum atomic E-state index is 16.5. The van der Waals surface area contributed by atoms with Gasteiger partial charge >= 0.3 is 12.2 Å². The Morgan fingerprint density at radius 2 is 1.95 bits per heavy atom. The molecule has 2 aromatic heterocycles. The Balaban J connectivity index is 1.66. The molecule has 2 saturated heterocycles. The molecule has 0 amide bonds. The zero-order valence-electron chi connectivity index (χ0n) is 24.3. The third kappa shape index (κ3) is 6.23. The minimum Gasteiger partial charge on any atom is -0.462 e. The molecule has 0 bridgehead atoms. The molecule has 9 nitrogen and oxygen atoms in total. The second kappa shape index (κ2) is 12.3. The summed E-state index contributed by atoms with van der Waals surface area (Å²) >= 11 is 6.53. The smallest absolute Gasteiger partial charge is 0.418 e. The van der Waals surface area contributed by atoms with E-state index in [9.17, 15) is 22.4 Å². The van der Waals surface area contributed by atoms with Crippen molar-refractivity contribution in [3.63, 3.8) is 0 Å². The molecule has 4 heterocycles. The molecule has 2 N–H and O–H groups in total. The van der Waals surface area contributed by atoms with Gasteiger partial charge in [-0.25, -0.2) is 13.8 Å². The summed E-state index contributed by atoms with van der Waals surface area (Å²) in [5.74, 6) is -2.04. The SMILES string of the molecule is Cc1cc(N)nc(-c2c(Cl)cc3c(N4CCN(C=C(F)C=O)C[C@@H]4C)nc(OC[C@@H]4CCCN4C)nc3c2F)c1C(F)(F)F. The highest BCUT2D eigenvalue weighted by Crippen LogP contribution is 2.44. The highest BCUT2D eigenvalue weighted by molar-refractivity contribution is 6.34. The number of nitrogen functional groups attached to an aromatic ring is 1. The number of aromatic nitrogens is 3. The number of carbonyl (C=O) groups is 1. The van der Waals surface area contributed by atoms with Crippen LogP contribution in [0.15, 0.2) is 24.2 Å². The Hall–Kier alpha value is -3.78. The largest absolute Gasteiger partial charge is 0.462 e. The summed E-state index contributed by atoms with van der Waals surface area (Å²) in [6, 6.07) is 1.98. The van der Waals surface area contributed by atoms with E-state index >= 15 is 4.39 Å². The van der Waals surface area contributed by atoms with E-state index < -0.39 is 34.6 Å². The predicted molar refractivity (Wildman–Crippen MR) is 157 cm³/mol. The zero-order chi connectivity index (χ0) is 31.9. The monoisotopic (exact) mass is 639 g/mol. The number of hydrogen-bond donors (Lipinski definition) is 1. The first-order valence-corrected chi connectivity index (χ1v) is 14.4. The average molecular weight is 640 g/mol. The summed E-state index contributed by atoms with van der Waals surface area (Å²) in [7, 11) is 1.96. The number of piperazine rings is 1. The van der Waals surface area contributed by atoms with Crippen molar-refractivity contribution >= 4 is 40.4 Å². The lowest BCUT2D eigenvalue weighted by Gasteiger charge is -2.40. The summed E-state index contributed by atoms with van der Waals surface area (Å²) in [4.78, 5) is 29.1. The highest BCUT2D eigenvalue weighted by Gasteiger charge is 2.39. The molecule has 0 radical (unpaired) electrons. The zero-order valence-corrected chi connectivity index (χ0v) is 25.0. The van der Waals surface area contributed by atoms with Gasteiger partial charge in [0.2, 0.25) is 0 Å². The molecule has 0 unspecified atom stereocenters. The number of aldehydes is 1. The van der Waals surface area contributed by atoms with Crippen LogP contribution in [0.2, 0.25) is 5.02 Å². The maximum Gasteiger partial charge on any atom is 0.418 e. The molecule has 2 aliphatic rings. The Bertz CT molecular complexity index is 1620. The average Bonchev–Trinajstić information content (AvgIpc) is 3.35. The van der Waals surface area contributed by atoms with E-state index in [-0.39, 0.29) is 70.7 Å². The van der Waals surface area contributed by atoms with E-state index in [0.717, 1.165) is 31.7 Å². The fraction of sp³-hybridized carbons (Fsp3) is 0.448. The molecule has 44 heavy (non-hydrogen) atoms. The van der Waals surface area contributed by atoms with Crippen molar-refractivity contribution in [2.45, 2.75) is 44.9 Å². The summed E-state index contributed by atoms with van der Waals surface area (Å²) in [6.45, 7) is 5.04. The van der Waals surface area contributed by atoms with E-state index in [4.69, 9.17) is 22.1 Å². The van der Waals surface area contributed by atoms with Crippen LogP contribution in [-0.2, 0) is 11.0 Å². The van der Waals surface area contributed by atoms with E-state index in [1.54, 1.807) is 4.90 Å². The van der Waals surface area contributed by atoms with Gasteiger partial charge in [0.15, 0.2) is 17.9 Å². The standard InChI is InChI=1S/C29H31ClF5N7O2/c1-15-9-21(36)37-26(23(15)29(33,34)35)22-20(30)10-19-25(24(22)32)38-28(44-14-18-5-4-6-40(18)3)39-27(19)42-8-7-41(11-16(42)2)12-17(31)13-43/h9-10,12-13,16,18H,4-8,11,14H2,1-3H3,(H2,36,37)/t16-,18-/m0/s1. The van der Waals surface area contributed by atoms with Crippen molar-refractivity contribution in [3.8, 4) is 17.3 Å². The topological polar surface area (TPSA) is 101 Å². The van der Waals surface area contributed by atoms with Crippen molar-refractivity contribution in [2.24, 2.45) is 0 Å². The Kier molecular flexibility index (Phi) is 8.85. The number of nitrogens with two attached hydrogens (primary N) is 1. The van der Waals surface area contributed by atoms with Crippen LogP contribution >= 0.6 is 11.6 Å². The number of aryl methyl sites for hydroxylation is 1. The number of benzene rings is 1. The number of ether oxygens (including phenoxy) is 1. The number of nitrogens with zero attached hydrogens (tertiary/aromatic N) is 6. The van der Waals surface area contributed by atoms with E-state index in [2.05, 4.69) is 19.9 Å². The summed E-state index contributed by atoms with van der Waals surface area (Å²) in [5.41, 5.74) is 2.74. The molecule has 3 aromatic rings. The van der Waals surface area contributed by atoms with Crippen molar-refractivity contribution in [1.82, 2.24) is 24.8 Å². The van der Waals surface area contributed by atoms with E-state index in [1.807, 2.05) is 18.9 Å². The van der Waals surface area contributed by atoms with Crippen LogP contribution in [0.3, 0.4) is 0 Å². The first-order valence-electron chi connectivity index (χ1n) is 14.0. The quantitative estimate of drug-likeness (QED) is 0.207. The number of rotatable bonds is 7. The van der Waals surface area contributed by atoms with Gasteiger partial charge in [0.05, 0.1) is 21.8 Å². The maximum absolute atomic E-state index is 16.5. The minimum atomic E-state index is -4.88. The lowest BCUT2D eigenvalue weighted by Crippen LogP contribution is -2.50. The molecular formula is C29H31ClF5N7O2. The molecule has 2 fully saturated rings. The van der Waals surface area contributed by atoms with E-state index in [0.29, 0.717) is 13.1 Å².